The van der Waals surface area contributed by atoms with Crippen LogP contribution in [0.15, 0.2) is 12.1 Å². The monoisotopic (exact) mass is 263 g/mol. The molecule has 0 aromatic carbocycles. The Hall–Kier alpha value is -1.62. The molecule has 104 valence electrons. The van der Waals surface area contributed by atoms with Crippen LogP contribution in [0.4, 0.5) is 5.82 Å². The van der Waals surface area contributed by atoms with Crippen LogP contribution in [0, 0.1) is 6.92 Å². The first-order valence-electron chi connectivity index (χ1n) is 6.55. The first-order chi connectivity index (χ1) is 8.94. The van der Waals surface area contributed by atoms with Crippen LogP contribution in [0.2, 0.25) is 0 Å². The smallest absolute Gasteiger partial charge is 0.251 e. The van der Waals surface area contributed by atoms with Crippen LogP contribution in [0.25, 0.3) is 0 Å². The Morgan fingerprint density at radius 1 is 1.53 bits per heavy atom. The highest BCUT2D eigenvalue weighted by molar-refractivity contribution is 5.95. The fourth-order valence-electron chi connectivity index (χ4n) is 2.26. The third-order valence-electron chi connectivity index (χ3n) is 3.76. The highest BCUT2D eigenvalue weighted by Gasteiger charge is 2.38. The molecule has 1 fully saturated rings. The molecule has 0 spiro atoms. The maximum atomic E-state index is 12.3. The summed E-state index contributed by atoms with van der Waals surface area (Å²) in [5.74, 6) is 0.618. The minimum absolute atomic E-state index is 0.0307. The number of hydrogen-bond acceptors (Lipinski definition) is 4. The second-order valence-corrected chi connectivity index (χ2v) is 5.27. The summed E-state index contributed by atoms with van der Waals surface area (Å²) in [7, 11) is 1.79. The van der Waals surface area contributed by atoms with Crippen LogP contribution in [0.3, 0.4) is 0 Å². The molecule has 1 aliphatic rings. The van der Waals surface area contributed by atoms with Gasteiger partial charge in [0.05, 0.1) is 11.6 Å². The lowest BCUT2D eigenvalue weighted by Crippen LogP contribution is -2.50. The minimum Gasteiger partial charge on any atom is -0.376 e. The zero-order valence-electron chi connectivity index (χ0n) is 11.9. The molecule has 2 N–H and O–H groups in total. The lowest BCUT2D eigenvalue weighted by Gasteiger charge is -2.29. The van der Waals surface area contributed by atoms with Crippen LogP contribution in [0.1, 0.15) is 36.3 Å². The third-order valence-corrected chi connectivity index (χ3v) is 3.76. The third kappa shape index (κ3) is 2.87. The molecule has 2 rings (SSSR count). The number of aromatic nitrogens is 1. The summed E-state index contributed by atoms with van der Waals surface area (Å²) in [6.07, 6.45) is 0.867. The lowest BCUT2D eigenvalue weighted by atomic mass is 9.94. The van der Waals surface area contributed by atoms with Crippen molar-refractivity contribution in [2.45, 2.75) is 38.8 Å². The van der Waals surface area contributed by atoms with Crippen LogP contribution in [0.5, 0.6) is 0 Å². The van der Waals surface area contributed by atoms with Crippen molar-refractivity contribution in [2.75, 3.05) is 19.0 Å². The van der Waals surface area contributed by atoms with Crippen molar-refractivity contribution < 1.29 is 9.53 Å². The van der Waals surface area contributed by atoms with E-state index in [0.29, 0.717) is 18.0 Å². The summed E-state index contributed by atoms with van der Waals surface area (Å²) < 4.78 is 5.53. The maximum Gasteiger partial charge on any atom is 0.251 e. The van der Waals surface area contributed by atoms with Crippen molar-refractivity contribution in [1.29, 1.82) is 0 Å². The number of nitrogens with zero attached hydrogens (tertiary/aromatic N) is 1. The molecule has 2 unspecified atom stereocenters. The second kappa shape index (κ2) is 5.17. The Balaban J connectivity index is 2.18. The summed E-state index contributed by atoms with van der Waals surface area (Å²) in [6.45, 7) is 6.58. The predicted octanol–water partition coefficient (Wildman–Crippen LogP) is 1.73. The quantitative estimate of drug-likeness (QED) is 0.871. The molecule has 2 heterocycles. The van der Waals surface area contributed by atoms with Crippen molar-refractivity contribution in [3.8, 4) is 0 Å². The standard InChI is InChI=1S/C14H21N3O2/c1-9-7-11(8-12(15-4)16-9)13(18)17-14(3)5-6-19-10(14)2/h7-8,10H,5-6H2,1-4H3,(H,15,16)(H,17,18). The van der Waals surface area contributed by atoms with E-state index in [2.05, 4.69) is 15.6 Å². The number of hydrogen-bond donors (Lipinski definition) is 2. The number of anilines is 1. The van der Waals surface area contributed by atoms with Crippen molar-refractivity contribution in [3.63, 3.8) is 0 Å². The number of nitrogens with one attached hydrogen (secondary N) is 2. The molecule has 1 aromatic heterocycles. The number of aryl methyl sites for hydroxylation is 1. The second-order valence-electron chi connectivity index (χ2n) is 5.27. The maximum absolute atomic E-state index is 12.3. The molecule has 0 aliphatic carbocycles. The fourth-order valence-corrected chi connectivity index (χ4v) is 2.26. The molecule has 5 heteroatoms. The summed E-state index contributed by atoms with van der Waals surface area (Å²) in [4.78, 5) is 16.6. The molecule has 0 bridgehead atoms. The summed E-state index contributed by atoms with van der Waals surface area (Å²) in [6, 6.07) is 3.55. The zero-order chi connectivity index (χ0) is 14.0. The van der Waals surface area contributed by atoms with Crippen LogP contribution in [-0.4, -0.2) is 36.2 Å². The van der Waals surface area contributed by atoms with Gasteiger partial charge < -0.3 is 15.4 Å². The zero-order valence-corrected chi connectivity index (χ0v) is 11.9. The lowest BCUT2D eigenvalue weighted by molar-refractivity contribution is 0.0727. The number of carbonyl (C=O) groups excluding carboxylic acids is 1. The van der Waals surface area contributed by atoms with E-state index in [4.69, 9.17) is 4.74 Å². The predicted molar refractivity (Wildman–Crippen MR) is 74.4 cm³/mol. The molecule has 19 heavy (non-hydrogen) atoms. The highest BCUT2D eigenvalue weighted by Crippen LogP contribution is 2.25. The van der Waals surface area contributed by atoms with Gasteiger partial charge in [0.2, 0.25) is 0 Å². The Bertz CT molecular complexity index is 490. The minimum atomic E-state index is -0.298. The first kappa shape index (κ1) is 13.8. The van der Waals surface area contributed by atoms with Crippen molar-refractivity contribution in [1.82, 2.24) is 10.3 Å². The highest BCUT2D eigenvalue weighted by atomic mass is 16.5. The molecule has 0 saturated carbocycles. The van der Waals surface area contributed by atoms with Gasteiger partial charge in [-0.15, -0.1) is 0 Å². The van der Waals surface area contributed by atoms with Gasteiger partial charge in [-0.25, -0.2) is 4.98 Å². The Morgan fingerprint density at radius 3 is 2.84 bits per heavy atom. The molecular formula is C14H21N3O2. The Kier molecular flexibility index (Phi) is 3.75. The number of carbonyl (C=O) groups is 1. The SMILES string of the molecule is CNc1cc(C(=O)NC2(C)CCOC2C)cc(C)n1. The first-order valence-corrected chi connectivity index (χ1v) is 6.55. The van der Waals surface area contributed by atoms with E-state index in [1.54, 1.807) is 19.2 Å². The van der Waals surface area contributed by atoms with Gasteiger partial charge in [-0.05, 0) is 39.3 Å². The molecule has 1 aromatic rings. The van der Waals surface area contributed by atoms with E-state index in [9.17, 15) is 4.79 Å². The van der Waals surface area contributed by atoms with Gasteiger partial charge in [0.1, 0.15) is 5.82 Å². The molecule has 1 aliphatic heterocycles. The van der Waals surface area contributed by atoms with E-state index in [1.807, 2.05) is 20.8 Å². The summed E-state index contributed by atoms with van der Waals surface area (Å²) >= 11 is 0. The van der Waals surface area contributed by atoms with E-state index >= 15 is 0 Å². The summed E-state index contributed by atoms with van der Waals surface area (Å²) in [5, 5.41) is 6.04. The van der Waals surface area contributed by atoms with E-state index in [0.717, 1.165) is 12.1 Å². The van der Waals surface area contributed by atoms with E-state index in [1.165, 1.54) is 0 Å². The van der Waals surface area contributed by atoms with Crippen LogP contribution in [-0.2, 0) is 4.74 Å². The van der Waals surface area contributed by atoms with Gasteiger partial charge in [-0.1, -0.05) is 0 Å². The molecule has 5 nitrogen and oxygen atoms in total. The molecular weight excluding hydrogens is 242 g/mol. The molecule has 2 atom stereocenters. The normalized spacial score (nSPS) is 26.2. The largest absolute Gasteiger partial charge is 0.376 e. The summed E-state index contributed by atoms with van der Waals surface area (Å²) in [5.41, 5.74) is 1.14. The number of amides is 1. The van der Waals surface area contributed by atoms with E-state index in [-0.39, 0.29) is 17.6 Å². The van der Waals surface area contributed by atoms with Crippen molar-refractivity contribution in [2.24, 2.45) is 0 Å². The van der Waals surface area contributed by atoms with Crippen LogP contribution >= 0.6 is 0 Å². The number of ether oxygens (including phenoxy) is 1. The van der Waals surface area contributed by atoms with Gasteiger partial charge in [-0.2, -0.15) is 0 Å². The Morgan fingerprint density at radius 2 is 2.26 bits per heavy atom. The van der Waals surface area contributed by atoms with Gasteiger partial charge in [-0.3, -0.25) is 4.79 Å². The number of rotatable bonds is 3. The van der Waals surface area contributed by atoms with Gasteiger partial charge in [0, 0.05) is 24.9 Å². The van der Waals surface area contributed by atoms with E-state index < -0.39 is 0 Å². The number of pyridine rings is 1. The average molecular weight is 263 g/mol. The fraction of sp³-hybridized carbons (Fsp3) is 0.571. The molecule has 1 saturated heterocycles. The van der Waals surface area contributed by atoms with Gasteiger partial charge in [0.15, 0.2) is 0 Å². The average Bonchev–Trinajstić information content (AvgIpc) is 2.68. The Labute approximate surface area is 113 Å². The van der Waals surface area contributed by atoms with Crippen molar-refractivity contribution in [3.05, 3.63) is 23.4 Å². The van der Waals surface area contributed by atoms with Gasteiger partial charge in [0.25, 0.3) is 5.91 Å². The van der Waals surface area contributed by atoms with Gasteiger partial charge >= 0.3 is 0 Å². The van der Waals surface area contributed by atoms with Crippen LogP contribution < -0.4 is 10.6 Å². The van der Waals surface area contributed by atoms with Crippen molar-refractivity contribution >= 4 is 11.7 Å². The molecule has 1 amide bonds. The topological polar surface area (TPSA) is 63.2 Å². The molecule has 0 radical (unpaired) electrons.